The third-order valence-electron chi connectivity index (χ3n) is 4.83. The SMILES string of the molecule is COc1ccccc1C(=O)N1CCCC1C1CCNCC1. The van der Waals surface area contributed by atoms with E-state index in [4.69, 9.17) is 4.74 Å². The fourth-order valence-corrected chi connectivity index (χ4v) is 3.74. The lowest BCUT2D eigenvalue weighted by Crippen LogP contribution is -2.43. The molecule has 1 aromatic carbocycles. The smallest absolute Gasteiger partial charge is 0.257 e. The number of hydrogen-bond acceptors (Lipinski definition) is 3. The van der Waals surface area contributed by atoms with Gasteiger partial charge in [-0.05, 0) is 56.8 Å². The minimum atomic E-state index is 0.133. The zero-order valence-corrected chi connectivity index (χ0v) is 12.7. The van der Waals surface area contributed by atoms with E-state index in [1.807, 2.05) is 24.3 Å². The van der Waals surface area contributed by atoms with E-state index in [2.05, 4.69) is 10.2 Å². The van der Waals surface area contributed by atoms with Gasteiger partial charge in [0.1, 0.15) is 5.75 Å². The van der Waals surface area contributed by atoms with Crippen LogP contribution in [-0.2, 0) is 0 Å². The first-order chi connectivity index (χ1) is 10.3. The van der Waals surface area contributed by atoms with Crippen LogP contribution in [0.15, 0.2) is 24.3 Å². The Morgan fingerprint density at radius 3 is 2.76 bits per heavy atom. The summed E-state index contributed by atoms with van der Waals surface area (Å²) in [6.07, 6.45) is 4.63. The van der Waals surface area contributed by atoms with Crippen molar-refractivity contribution in [3.8, 4) is 5.75 Å². The van der Waals surface area contributed by atoms with Gasteiger partial charge in [0.15, 0.2) is 0 Å². The maximum absolute atomic E-state index is 12.9. The van der Waals surface area contributed by atoms with Crippen molar-refractivity contribution in [2.45, 2.75) is 31.7 Å². The quantitative estimate of drug-likeness (QED) is 0.928. The Bertz CT molecular complexity index is 497. The Balaban J connectivity index is 1.79. The van der Waals surface area contributed by atoms with Crippen LogP contribution in [-0.4, -0.2) is 43.6 Å². The molecule has 1 amide bonds. The molecule has 3 rings (SSSR count). The highest BCUT2D eigenvalue weighted by molar-refractivity contribution is 5.97. The first kappa shape index (κ1) is 14.4. The summed E-state index contributed by atoms with van der Waals surface area (Å²) in [6, 6.07) is 7.96. The highest BCUT2D eigenvalue weighted by Crippen LogP contribution is 2.32. The average molecular weight is 288 g/mol. The number of hydrogen-bond donors (Lipinski definition) is 1. The molecule has 0 spiro atoms. The molecule has 1 aromatic rings. The molecular formula is C17H24N2O2. The molecule has 0 aromatic heterocycles. The van der Waals surface area contributed by atoms with Gasteiger partial charge in [-0.3, -0.25) is 4.79 Å². The number of nitrogens with zero attached hydrogens (tertiary/aromatic N) is 1. The summed E-state index contributed by atoms with van der Waals surface area (Å²) in [5, 5.41) is 3.41. The Morgan fingerprint density at radius 1 is 1.24 bits per heavy atom. The lowest BCUT2D eigenvalue weighted by Gasteiger charge is -2.34. The van der Waals surface area contributed by atoms with Gasteiger partial charge in [-0.1, -0.05) is 12.1 Å². The Kier molecular flexibility index (Phi) is 4.44. The van der Waals surface area contributed by atoms with E-state index < -0.39 is 0 Å². The van der Waals surface area contributed by atoms with E-state index in [0.717, 1.165) is 32.5 Å². The molecule has 21 heavy (non-hydrogen) atoms. The van der Waals surface area contributed by atoms with E-state index in [9.17, 15) is 4.79 Å². The molecule has 4 heteroatoms. The third-order valence-corrected chi connectivity index (χ3v) is 4.83. The lowest BCUT2D eigenvalue weighted by atomic mass is 9.88. The van der Waals surface area contributed by atoms with E-state index >= 15 is 0 Å². The van der Waals surface area contributed by atoms with Crippen LogP contribution >= 0.6 is 0 Å². The Labute approximate surface area is 126 Å². The van der Waals surface area contributed by atoms with Crippen LogP contribution in [0.1, 0.15) is 36.0 Å². The minimum Gasteiger partial charge on any atom is -0.496 e. The number of piperidine rings is 1. The maximum atomic E-state index is 12.9. The highest BCUT2D eigenvalue weighted by atomic mass is 16.5. The summed E-state index contributed by atoms with van der Waals surface area (Å²) in [6.45, 7) is 3.04. The number of methoxy groups -OCH3 is 1. The molecule has 2 aliphatic heterocycles. The van der Waals surface area contributed by atoms with Crippen LogP contribution in [0.4, 0.5) is 0 Å². The predicted octanol–water partition coefficient (Wildman–Crippen LogP) is 2.30. The number of nitrogens with one attached hydrogen (secondary N) is 1. The molecule has 4 nitrogen and oxygen atoms in total. The van der Waals surface area contributed by atoms with E-state index in [-0.39, 0.29) is 5.91 Å². The molecule has 2 saturated heterocycles. The standard InChI is InChI=1S/C17H24N2O2/c1-21-16-7-3-2-5-14(16)17(20)19-12-4-6-15(19)13-8-10-18-11-9-13/h2-3,5,7,13,15,18H,4,6,8-12H2,1H3. The molecule has 114 valence electrons. The minimum absolute atomic E-state index is 0.133. The predicted molar refractivity (Wildman–Crippen MR) is 82.6 cm³/mol. The molecule has 1 unspecified atom stereocenters. The summed E-state index contributed by atoms with van der Waals surface area (Å²) < 4.78 is 5.35. The van der Waals surface area contributed by atoms with Gasteiger partial charge in [0, 0.05) is 12.6 Å². The largest absolute Gasteiger partial charge is 0.496 e. The maximum Gasteiger partial charge on any atom is 0.257 e. The van der Waals surface area contributed by atoms with Crippen molar-refractivity contribution in [2.75, 3.05) is 26.7 Å². The van der Waals surface area contributed by atoms with Crippen LogP contribution in [0.2, 0.25) is 0 Å². The van der Waals surface area contributed by atoms with Gasteiger partial charge < -0.3 is 15.0 Å². The fourth-order valence-electron chi connectivity index (χ4n) is 3.74. The second-order valence-electron chi connectivity index (χ2n) is 6.00. The van der Waals surface area contributed by atoms with Crippen LogP contribution < -0.4 is 10.1 Å². The number of carbonyl (C=O) groups is 1. The average Bonchev–Trinajstić information content (AvgIpc) is 3.04. The first-order valence-electron chi connectivity index (χ1n) is 7.96. The normalized spacial score (nSPS) is 23.3. The van der Waals surface area contributed by atoms with E-state index in [1.54, 1.807) is 7.11 Å². The molecule has 0 saturated carbocycles. The summed E-state index contributed by atoms with van der Waals surface area (Å²) in [5.41, 5.74) is 0.695. The molecule has 2 heterocycles. The number of para-hydroxylation sites is 1. The zero-order chi connectivity index (χ0) is 14.7. The molecule has 1 N–H and O–H groups in total. The van der Waals surface area contributed by atoms with Crippen molar-refractivity contribution in [3.63, 3.8) is 0 Å². The Hall–Kier alpha value is -1.55. The number of likely N-dealkylation sites (tertiary alicyclic amines) is 1. The monoisotopic (exact) mass is 288 g/mol. The zero-order valence-electron chi connectivity index (χ0n) is 12.7. The molecule has 0 aliphatic carbocycles. The second kappa shape index (κ2) is 6.48. The molecule has 2 aliphatic rings. The van der Waals surface area contributed by atoms with Crippen molar-refractivity contribution in [2.24, 2.45) is 5.92 Å². The molecule has 2 fully saturated rings. The molecule has 0 bridgehead atoms. The van der Waals surface area contributed by atoms with Gasteiger partial charge in [0.2, 0.25) is 0 Å². The Morgan fingerprint density at radius 2 is 2.00 bits per heavy atom. The van der Waals surface area contributed by atoms with Gasteiger partial charge in [-0.15, -0.1) is 0 Å². The van der Waals surface area contributed by atoms with Gasteiger partial charge >= 0.3 is 0 Å². The number of ether oxygens (including phenoxy) is 1. The van der Waals surface area contributed by atoms with E-state index in [0.29, 0.717) is 23.3 Å². The van der Waals surface area contributed by atoms with Gasteiger partial charge in [0.25, 0.3) is 5.91 Å². The summed E-state index contributed by atoms with van der Waals surface area (Å²) in [4.78, 5) is 15.0. The fraction of sp³-hybridized carbons (Fsp3) is 0.588. The van der Waals surface area contributed by atoms with Crippen molar-refractivity contribution in [3.05, 3.63) is 29.8 Å². The van der Waals surface area contributed by atoms with Crippen molar-refractivity contribution in [1.82, 2.24) is 10.2 Å². The topological polar surface area (TPSA) is 41.6 Å². The summed E-state index contributed by atoms with van der Waals surface area (Å²) in [7, 11) is 1.63. The van der Waals surface area contributed by atoms with Crippen molar-refractivity contribution < 1.29 is 9.53 Å². The van der Waals surface area contributed by atoms with Crippen molar-refractivity contribution in [1.29, 1.82) is 0 Å². The molecule has 0 radical (unpaired) electrons. The van der Waals surface area contributed by atoms with Gasteiger partial charge in [-0.2, -0.15) is 0 Å². The van der Waals surface area contributed by atoms with Crippen LogP contribution in [0.3, 0.4) is 0 Å². The van der Waals surface area contributed by atoms with Crippen LogP contribution in [0.5, 0.6) is 5.75 Å². The second-order valence-corrected chi connectivity index (χ2v) is 6.00. The lowest BCUT2D eigenvalue weighted by molar-refractivity contribution is 0.0663. The van der Waals surface area contributed by atoms with Crippen LogP contribution in [0.25, 0.3) is 0 Å². The third kappa shape index (κ3) is 2.91. The summed E-state index contributed by atoms with van der Waals surface area (Å²) in [5.74, 6) is 1.46. The van der Waals surface area contributed by atoms with Crippen molar-refractivity contribution >= 4 is 5.91 Å². The first-order valence-corrected chi connectivity index (χ1v) is 7.96. The molecular weight excluding hydrogens is 264 g/mol. The highest BCUT2D eigenvalue weighted by Gasteiger charge is 2.36. The van der Waals surface area contributed by atoms with Gasteiger partial charge in [0.05, 0.1) is 12.7 Å². The number of benzene rings is 1. The number of rotatable bonds is 3. The number of carbonyl (C=O) groups excluding carboxylic acids is 1. The number of amides is 1. The summed E-state index contributed by atoms with van der Waals surface area (Å²) >= 11 is 0. The molecule has 1 atom stereocenters. The van der Waals surface area contributed by atoms with E-state index in [1.165, 1.54) is 12.8 Å². The van der Waals surface area contributed by atoms with Crippen LogP contribution in [0, 0.1) is 5.92 Å². The van der Waals surface area contributed by atoms with Gasteiger partial charge in [-0.25, -0.2) is 0 Å².